The standard InChI is InChI=1S/C22H28N2O2/c1-3-25-21(26-4-2)22(13-14-22)20(16-23)24-15-12-18-10-7-9-17-8-5-6-11-19(17)18/h5-11,20-21,24H,3-4,12-15H2,1-2H3/t20-/m1/s1. The number of nitrogens with zero attached hydrogens (tertiary/aromatic N) is 1. The summed E-state index contributed by atoms with van der Waals surface area (Å²) in [7, 11) is 0. The summed E-state index contributed by atoms with van der Waals surface area (Å²) in [6, 6.07) is 17.0. The quantitative estimate of drug-likeness (QED) is 0.656. The van der Waals surface area contributed by atoms with E-state index in [1.807, 2.05) is 13.8 Å². The highest BCUT2D eigenvalue weighted by Gasteiger charge is 2.56. The van der Waals surface area contributed by atoms with Crippen LogP contribution in [0.2, 0.25) is 0 Å². The van der Waals surface area contributed by atoms with E-state index in [0.29, 0.717) is 13.2 Å². The van der Waals surface area contributed by atoms with E-state index in [4.69, 9.17) is 9.47 Å². The molecule has 2 aromatic rings. The van der Waals surface area contributed by atoms with Gasteiger partial charge in [-0.15, -0.1) is 0 Å². The molecule has 0 amide bonds. The topological polar surface area (TPSA) is 54.3 Å². The summed E-state index contributed by atoms with van der Waals surface area (Å²) in [5.74, 6) is 0. The van der Waals surface area contributed by atoms with Crippen molar-refractivity contribution in [1.82, 2.24) is 5.32 Å². The van der Waals surface area contributed by atoms with E-state index in [0.717, 1.165) is 25.8 Å². The molecule has 0 aromatic heterocycles. The molecule has 4 heteroatoms. The highest BCUT2D eigenvalue weighted by molar-refractivity contribution is 5.85. The fourth-order valence-corrected chi connectivity index (χ4v) is 3.73. The van der Waals surface area contributed by atoms with Crippen molar-refractivity contribution >= 4 is 10.8 Å². The average Bonchev–Trinajstić information content (AvgIpc) is 3.47. The van der Waals surface area contributed by atoms with E-state index >= 15 is 0 Å². The van der Waals surface area contributed by atoms with Gasteiger partial charge in [-0.2, -0.15) is 5.26 Å². The van der Waals surface area contributed by atoms with Crippen molar-refractivity contribution in [2.24, 2.45) is 5.41 Å². The maximum Gasteiger partial charge on any atom is 0.165 e. The zero-order valence-electron chi connectivity index (χ0n) is 15.7. The van der Waals surface area contributed by atoms with Gasteiger partial charge in [0, 0.05) is 19.8 Å². The number of benzene rings is 2. The molecular weight excluding hydrogens is 324 g/mol. The van der Waals surface area contributed by atoms with E-state index in [-0.39, 0.29) is 17.7 Å². The molecule has 1 N–H and O–H groups in total. The Balaban J connectivity index is 1.65. The zero-order chi connectivity index (χ0) is 18.4. The van der Waals surface area contributed by atoms with Gasteiger partial charge in [0.2, 0.25) is 0 Å². The van der Waals surface area contributed by atoms with Crippen LogP contribution in [0.5, 0.6) is 0 Å². The normalized spacial score (nSPS) is 16.5. The molecule has 0 saturated heterocycles. The molecule has 1 aliphatic rings. The predicted octanol–water partition coefficient (Wildman–Crippen LogP) is 4.04. The van der Waals surface area contributed by atoms with Gasteiger partial charge >= 0.3 is 0 Å². The summed E-state index contributed by atoms with van der Waals surface area (Å²) in [5.41, 5.74) is 1.10. The van der Waals surface area contributed by atoms with Crippen LogP contribution in [0, 0.1) is 16.7 Å². The minimum absolute atomic E-state index is 0.209. The predicted molar refractivity (Wildman–Crippen MR) is 104 cm³/mol. The number of hydrogen-bond donors (Lipinski definition) is 1. The van der Waals surface area contributed by atoms with E-state index in [1.54, 1.807) is 0 Å². The van der Waals surface area contributed by atoms with Crippen LogP contribution in [-0.2, 0) is 15.9 Å². The molecule has 3 rings (SSSR count). The second-order valence-corrected chi connectivity index (χ2v) is 6.88. The fraction of sp³-hybridized carbons (Fsp3) is 0.500. The van der Waals surface area contributed by atoms with Crippen molar-refractivity contribution in [3.63, 3.8) is 0 Å². The lowest BCUT2D eigenvalue weighted by molar-refractivity contribution is -0.179. The Labute approximate surface area is 156 Å². The minimum atomic E-state index is -0.299. The summed E-state index contributed by atoms with van der Waals surface area (Å²) < 4.78 is 11.6. The largest absolute Gasteiger partial charge is 0.352 e. The molecule has 0 aliphatic heterocycles. The number of rotatable bonds is 10. The molecule has 1 fully saturated rings. The van der Waals surface area contributed by atoms with Gasteiger partial charge < -0.3 is 14.8 Å². The van der Waals surface area contributed by atoms with Crippen LogP contribution in [0.3, 0.4) is 0 Å². The first-order valence-electron chi connectivity index (χ1n) is 9.58. The maximum absolute atomic E-state index is 9.73. The molecule has 4 nitrogen and oxygen atoms in total. The third-order valence-electron chi connectivity index (χ3n) is 5.26. The number of fused-ring (bicyclic) bond motifs is 1. The smallest absolute Gasteiger partial charge is 0.165 e. The van der Waals surface area contributed by atoms with Gasteiger partial charge in [0.1, 0.15) is 6.04 Å². The Hall–Kier alpha value is -1.93. The molecule has 0 bridgehead atoms. The molecule has 0 unspecified atom stereocenters. The number of hydrogen-bond acceptors (Lipinski definition) is 4. The summed E-state index contributed by atoms with van der Waals surface area (Å²) in [4.78, 5) is 0. The average molecular weight is 352 g/mol. The van der Waals surface area contributed by atoms with Crippen molar-refractivity contribution in [3.8, 4) is 6.07 Å². The number of nitrogens with one attached hydrogen (secondary N) is 1. The third-order valence-corrected chi connectivity index (χ3v) is 5.26. The van der Waals surface area contributed by atoms with Crippen LogP contribution >= 0.6 is 0 Å². The van der Waals surface area contributed by atoms with Crippen molar-refractivity contribution < 1.29 is 9.47 Å². The van der Waals surface area contributed by atoms with Crippen LogP contribution in [0.25, 0.3) is 10.8 Å². The molecule has 138 valence electrons. The molecule has 1 aliphatic carbocycles. The van der Waals surface area contributed by atoms with Gasteiger partial charge in [0.05, 0.1) is 11.5 Å². The summed E-state index contributed by atoms with van der Waals surface area (Å²) in [6.07, 6.45) is 2.53. The van der Waals surface area contributed by atoms with E-state index in [9.17, 15) is 5.26 Å². The Morgan fingerprint density at radius 2 is 1.77 bits per heavy atom. The van der Waals surface area contributed by atoms with Crippen LogP contribution in [0.4, 0.5) is 0 Å². The summed E-state index contributed by atoms with van der Waals surface area (Å²) in [5, 5.41) is 15.7. The van der Waals surface area contributed by atoms with Crippen LogP contribution in [0.1, 0.15) is 32.3 Å². The molecular formula is C22H28N2O2. The molecule has 0 heterocycles. The monoisotopic (exact) mass is 352 g/mol. The minimum Gasteiger partial charge on any atom is -0.352 e. The highest BCUT2D eigenvalue weighted by atomic mass is 16.7. The lowest BCUT2D eigenvalue weighted by Crippen LogP contribution is -2.45. The zero-order valence-corrected chi connectivity index (χ0v) is 15.7. The van der Waals surface area contributed by atoms with Gasteiger partial charge in [-0.3, -0.25) is 0 Å². The van der Waals surface area contributed by atoms with E-state index in [2.05, 4.69) is 53.9 Å². The van der Waals surface area contributed by atoms with E-state index in [1.165, 1.54) is 16.3 Å². The Morgan fingerprint density at radius 3 is 2.42 bits per heavy atom. The molecule has 2 aromatic carbocycles. The van der Waals surface area contributed by atoms with Crippen molar-refractivity contribution in [2.45, 2.75) is 45.4 Å². The first-order chi connectivity index (χ1) is 12.7. The first kappa shape index (κ1) is 18.8. The molecule has 0 radical (unpaired) electrons. The van der Waals surface area contributed by atoms with Crippen molar-refractivity contribution in [2.75, 3.05) is 19.8 Å². The van der Waals surface area contributed by atoms with E-state index < -0.39 is 0 Å². The van der Waals surface area contributed by atoms with Crippen LogP contribution in [0.15, 0.2) is 42.5 Å². The van der Waals surface area contributed by atoms with Crippen LogP contribution in [-0.4, -0.2) is 32.1 Å². The second-order valence-electron chi connectivity index (χ2n) is 6.88. The summed E-state index contributed by atoms with van der Waals surface area (Å²) in [6.45, 7) is 5.90. The highest BCUT2D eigenvalue weighted by Crippen LogP contribution is 2.53. The Kier molecular flexibility index (Phi) is 6.26. The first-order valence-corrected chi connectivity index (χ1v) is 9.58. The van der Waals surface area contributed by atoms with Crippen molar-refractivity contribution in [3.05, 3.63) is 48.0 Å². The Bertz CT molecular complexity index is 753. The molecule has 1 atom stereocenters. The van der Waals surface area contributed by atoms with Gasteiger partial charge in [-0.05, 0) is 49.4 Å². The Morgan fingerprint density at radius 1 is 1.08 bits per heavy atom. The SMILES string of the molecule is CCOC(OCC)C1([C@@H](C#N)NCCc2cccc3ccccc23)CC1. The van der Waals surface area contributed by atoms with Gasteiger partial charge in [0.15, 0.2) is 6.29 Å². The van der Waals surface area contributed by atoms with Gasteiger partial charge in [-0.1, -0.05) is 42.5 Å². The van der Waals surface area contributed by atoms with Crippen LogP contribution < -0.4 is 5.32 Å². The van der Waals surface area contributed by atoms with Gasteiger partial charge in [0.25, 0.3) is 0 Å². The second kappa shape index (κ2) is 8.64. The van der Waals surface area contributed by atoms with Crippen molar-refractivity contribution in [1.29, 1.82) is 5.26 Å². The fourth-order valence-electron chi connectivity index (χ4n) is 3.73. The molecule has 26 heavy (non-hydrogen) atoms. The summed E-state index contributed by atoms with van der Waals surface area (Å²) >= 11 is 0. The number of nitriles is 1. The third kappa shape index (κ3) is 3.91. The lowest BCUT2D eigenvalue weighted by atomic mass is 9.95. The molecule has 0 spiro atoms. The maximum atomic E-state index is 9.73. The number of ether oxygens (including phenoxy) is 2. The lowest BCUT2D eigenvalue weighted by Gasteiger charge is -2.30. The van der Waals surface area contributed by atoms with Gasteiger partial charge in [-0.25, -0.2) is 0 Å². The molecule has 1 saturated carbocycles.